The van der Waals surface area contributed by atoms with E-state index in [-0.39, 0.29) is 17.8 Å². The number of carbonyl (C=O) groups is 1. The molecule has 1 aromatic carbocycles. The Morgan fingerprint density at radius 3 is 3.12 bits per heavy atom. The van der Waals surface area contributed by atoms with Crippen LogP contribution in [0.4, 0.5) is 4.39 Å². The molecule has 17 heavy (non-hydrogen) atoms. The third-order valence-electron chi connectivity index (χ3n) is 2.73. The molecule has 1 aliphatic heterocycles. The summed E-state index contributed by atoms with van der Waals surface area (Å²) in [5.74, 6) is 0.0952. The Hall–Kier alpha value is -1.84. The number of amides is 1. The van der Waals surface area contributed by atoms with Gasteiger partial charge in [-0.1, -0.05) is 12.6 Å². The fourth-order valence-corrected chi connectivity index (χ4v) is 1.89. The molecule has 1 aromatic rings. The highest BCUT2D eigenvalue weighted by atomic mass is 19.1. The van der Waals surface area contributed by atoms with Crippen molar-refractivity contribution in [1.82, 2.24) is 4.90 Å². The second-order valence-electron chi connectivity index (χ2n) is 3.97. The molecule has 3 nitrogen and oxygen atoms in total. The summed E-state index contributed by atoms with van der Waals surface area (Å²) in [6, 6.07) is 6.03. The monoisotopic (exact) mass is 235 g/mol. The smallest absolute Gasteiger partial charge is 0.246 e. The van der Waals surface area contributed by atoms with Gasteiger partial charge in [-0.2, -0.15) is 0 Å². The average Bonchev–Trinajstić information content (AvgIpc) is 2.76. The Kier molecular flexibility index (Phi) is 3.42. The zero-order valence-corrected chi connectivity index (χ0v) is 9.43. The molecule has 1 fully saturated rings. The molecule has 0 N–H and O–H groups in total. The van der Waals surface area contributed by atoms with Crippen molar-refractivity contribution >= 4 is 5.91 Å². The molecule has 0 bridgehead atoms. The lowest BCUT2D eigenvalue weighted by Gasteiger charge is -2.15. The van der Waals surface area contributed by atoms with Crippen LogP contribution in [-0.2, 0) is 4.79 Å². The van der Waals surface area contributed by atoms with Crippen LogP contribution in [0.1, 0.15) is 6.42 Å². The highest BCUT2D eigenvalue weighted by molar-refractivity contribution is 5.87. The molecule has 0 radical (unpaired) electrons. The third-order valence-corrected chi connectivity index (χ3v) is 2.73. The van der Waals surface area contributed by atoms with Gasteiger partial charge in [0.25, 0.3) is 0 Å². The van der Waals surface area contributed by atoms with Gasteiger partial charge in [-0.15, -0.1) is 0 Å². The van der Waals surface area contributed by atoms with Crippen molar-refractivity contribution in [1.29, 1.82) is 0 Å². The SMILES string of the molecule is C=CC(=O)N1CCC(Oc2cccc(F)c2)C1. The number of hydrogen-bond donors (Lipinski definition) is 0. The molecule has 4 heteroatoms. The molecule has 1 saturated heterocycles. The number of likely N-dealkylation sites (tertiary alicyclic amines) is 1. The molecule has 90 valence electrons. The van der Waals surface area contributed by atoms with Crippen LogP contribution in [0, 0.1) is 5.82 Å². The van der Waals surface area contributed by atoms with Crippen LogP contribution in [0.15, 0.2) is 36.9 Å². The van der Waals surface area contributed by atoms with E-state index < -0.39 is 0 Å². The first-order valence-corrected chi connectivity index (χ1v) is 5.52. The van der Waals surface area contributed by atoms with Crippen molar-refractivity contribution < 1.29 is 13.9 Å². The molecule has 1 heterocycles. The molecule has 1 unspecified atom stereocenters. The first-order valence-electron chi connectivity index (χ1n) is 5.52. The van der Waals surface area contributed by atoms with E-state index in [4.69, 9.17) is 4.74 Å². The number of rotatable bonds is 3. The third kappa shape index (κ3) is 2.84. The zero-order valence-electron chi connectivity index (χ0n) is 9.43. The molecule has 0 spiro atoms. The van der Waals surface area contributed by atoms with Crippen LogP contribution in [0.2, 0.25) is 0 Å². The highest BCUT2D eigenvalue weighted by Crippen LogP contribution is 2.19. The summed E-state index contributed by atoms with van der Waals surface area (Å²) in [6.45, 7) is 4.63. The Labute approximate surface area is 99.5 Å². The standard InChI is InChI=1S/C13H14FNO2/c1-2-13(16)15-7-6-12(9-15)17-11-5-3-4-10(14)8-11/h2-5,8,12H,1,6-7,9H2. The first-order chi connectivity index (χ1) is 8.19. The normalized spacial score (nSPS) is 19.1. The predicted molar refractivity (Wildman–Crippen MR) is 62.2 cm³/mol. The van der Waals surface area contributed by atoms with E-state index in [1.54, 1.807) is 17.0 Å². The highest BCUT2D eigenvalue weighted by Gasteiger charge is 2.26. The fraction of sp³-hybridized carbons (Fsp3) is 0.308. The maximum absolute atomic E-state index is 12.9. The Balaban J connectivity index is 1.94. The van der Waals surface area contributed by atoms with Crippen molar-refractivity contribution in [3.8, 4) is 5.75 Å². The zero-order chi connectivity index (χ0) is 12.3. The molecule has 0 aliphatic carbocycles. The maximum Gasteiger partial charge on any atom is 0.246 e. The number of halogens is 1. The minimum atomic E-state index is -0.320. The van der Waals surface area contributed by atoms with Gasteiger partial charge in [0.15, 0.2) is 0 Å². The molecule has 1 atom stereocenters. The van der Waals surface area contributed by atoms with Crippen LogP contribution >= 0.6 is 0 Å². The topological polar surface area (TPSA) is 29.5 Å². The van der Waals surface area contributed by atoms with Gasteiger partial charge in [0.1, 0.15) is 17.7 Å². The van der Waals surface area contributed by atoms with Gasteiger partial charge in [-0.25, -0.2) is 4.39 Å². The van der Waals surface area contributed by atoms with Crippen LogP contribution in [0.25, 0.3) is 0 Å². The van der Waals surface area contributed by atoms with Gasteiger partial charge >= 0.3 is 0 Å². The largest absolute Gasteiger partial charge is 0.488 e. The van der Waals surface area contributed by atoms with Crippen molar-refractivity contribution in [2.24, 2.45) is 0 Å². The summed E-state index contributed by atoms with van der Waals surface area (Å²) in [5.41, 5.74) is 0. The van der Waals surface area contributed by atoms with Crippen molar-refractivity contribution in [2.45, 2.75) is 12.5 Å². The van der Waals surface area contributed by atoms with E-state index in [0.29, 0.717) is 18.8 Å². The lowest BCUT2D eigenvalue weighted by atomic mass is 10.3. The minimum absolute atomic E-state index is 0.0688. The number of ether oxygens (including phenoxy) is 1. The van der Waals surface area contributed by atoms with Crippen LogP contribution in [-0.4, -0.2) is 30.0 Å². The maximum atomic E-state index is 12.9. The van der Waals surface area contributed by atoms with E-state index in [2.05, 4.69) is 6.58 Å². The quantitative estimate of drug-likeness (QED) is 0.750. The first kappa shape index (κ1) is 11.6. The molecular weight excluding hydrogens is 221 g/mol. The second kappa shape index (κ2) is 4.99. The lowest BCUT2D eigenvalue weighted by molar-refractivity contribution is -0.125. The van der Waals surface area contributed by atoms with Crippen molar-refractivity contribution in [2.75, 3.05) is 13.1 Å². The van der Waals surface area contributed by atoms with E-state index in [0.717, 1.165) is 6.42 Å². The summed E-state index contributed by atoms with van der Waals surface area (Å²) in [7, 11) is 0. The minimum Gasteiger partial charge on any atom is -0.488 e. The van der Waals surface area contributed by atoms with E-state index >= 15 is 0 Å². The lowest BCUT2D eigenvalue weighted by Crippen LogP contribution is -2.29. The number of benzene rings is 1. The van der Waals surface area contributed by atoms with Crippen molar-refractivity contribution in [3.05, 3.63) is 42.7 Å². The van der Waals surface area contributed by atoms with Gasteiger partial charge in [-0.05, 0) is 18.2 Å². The van der Waals surface area contributed by atoms with Crippen LogP contribution < -0.4 is 4.74 Å². The summed E-state index contributed by atoms with van der Waals surface area (Å²) in [4.78, 5) is 13.0. The molecule has 0 saturated carbocycles. The van der Waals surface area contributed by atoms with Crippen LogP contribution in [0.5, 0.6) is 5.75 Å². The van der Waals surface area contributed by atoms with Gasteiger partial charge in [0.2, 0.25) is 5.91 Å². The second-order valence-corrected chi connectivity index (χ2v) is 3.97. The molecular formula is C13H14FNO2. The predicted octanol–water partition coefficient (Wildman–Crippen LogP) is 1.99. The molecule has 1 amide bonds. The number of carbonyl (C=O) groups excluding carboxylic acids is 1. The fourth-order valence-electron chi connectivity index (χ4n) is 1.89. The summed E-state index contributed by atoms with van der Waals surface area (Å²) in [5, 5.41) is 0. The Morgan fingerprint density at radius 1 is 1.59 bits per heavy atom. The van der Waals surface area contributed by atoms with Gasteiger partial charge < -0.3 is 9.64 Å². The number of nitrogens with zero attached hydrogens (tertiary/aromatic N) is 1. The molecule has 2 rings (SSSR count). The molecule has 1 aliphatic rings. The van der Waals surface area contributed by atoms with E-state index in [1.165, 1.54) is 18.2 Å². The summed E-state index contributed by atoms with van der Waals surface area (Å²) < 4.78 is 18.6. The van der Waals surface area contributed by atoms with Gasteiger partial charge in [0, 0.05) is 19.0 Å². The van der Waals surface area contributed by atoms with Gasteiger partial charge in [-0.3, -0.25) is 4.79 Å². The molecule has 0 aromatic heterocycles. The average molecular weight is 235 g/mol. The van der Waals surface area contributed by atoms with E-state index in [9.17, 15) is 9.18 Å². The Morgan fingerprint density at radius 2 is 2.41 bits per heavy atom. The summed E-state index contributed by atoms with van der Waals surface area (Å²) in [6.07, 6.45) is 1.99. The van der Waals surface area contributed by atoms with Gasteiger partial charge in [0.05, 0.1) is 6.54 Å². The van der Waals surface area contributed by atoms with Crippen molar-refractivity contribution in [3.63, 3.8) is 0 Å². The Bertz CT molecular complexity index is 433. The summed E-state index contributed by atoms with van der Waals surface area (Å²) >= 11 is 0. The number of hydrogen-bond acceptors (Lipinski definition) is 2. The van der Waals surface area contributed by atoms with E-state index in [1.807, 2.05) is 0 Å². The van der Waals surface area contributed by atoms with Crippen LogP contribution in [0.3, 0.4) is 0 Å².